The molecule has 1 aliphatic heterocycles. The Kier molecular flexibility index (Phi) is 10.4. The first-order valence-electron chi connectivity index (χ1n) is 13.3. The van der Waals surface area contributed by atoms with Gasteiger partial charge in [0, 0.05) is 36.6 Å². The molecule has 1 fully saturated rings. The summed E-state index contributed by atoms with van der Waals surface area (Å²) < 4.78 is 6.22. The van der Waals surface area contributed by atoms with Gasteiger partial charge in [-0.15, -0.1) is 0 Å². The number of piperazine rings is 1. The maximum absolute atomic E-state index is 12.6. The van der Waals surface area contributed by atoms with Gasteiger partial charge in [0.2, 0.25) is 11.8 Å². The largest absolute Gasteiger partial charge is 0.472 e. The van der Waals surface area contributed by atoms with E-state index < -0.39 is 0 Å². The summed E-state index contributed by atoms with van der Waals surface area (Å²) in [6.45, 7) is 10.8. The molecule has 9 heteroatoms. The molecule has 0 unspecified atom stereocenters. The molecule has 0 saturated carbocycles. The van der Waals surface area contributed by atoms with Crippen LogP contribution in [-0.4, -0.2) is 78.7 Å². The van der Waals surface area contributed by atoms with E-state index in [0.717, 1.165) is 61.0 Å². The first-order chi connectivity index (χ1) is 18.6. The summed E-state index contributed by atoms with van der Waals surface area (Å²) in [4.78, 5) is 30.7. The van der Waals surface area contributed by atoms with E-state index in [1.165, 1.54) is 11.8 Å². The molecule has 1 amide bonds. The fourth-order valence-electron chi connectivity index (χ4n) is 4.16. The van der Waals surface area contributed by atoms with Gasteiger partial charge in [-0.25, -0.2) is 4.98 Å². The number of ether oxygens (including phenoxy) is 1. The van der Waals surface area contributed by atoms with Crippen molar-refractivity contribution in [2.24, 2.45) is 0 Å². The fraction of sp³-hybridized carbons (Fsp3) is 0.414. The number of hydrogen-bond donors (Lipinski definition) is 1. The van der Waals surface area contributed by atoms with Gasteiger partial charge in [0.05, 0.1) is 17.8 Å². The molecule has 0 atom stereocenters. The highest BCUT2D eigenvalue weighted by Gasteiger charge is 2.19. The Balaban J connectivity index is 1.45. The number of nitrogens with one attached hydrogen (secondary N) is 1. The van der Waals surface area contributed by atoms with E-state index in [2.05, 4.69) is 45.9 Å². The first-order valence-corrected chi connectivity index (χ1v) is 14.1. The average Bonchev–Trinajstić information content (AvgIpc) is 2.96. The Morgan fingerprint density at radius 3 is 2.47 bits per heavy atom. The lowest BCUT2D eigenvalue weighted by molar-refractivity contribution is 0.0924. The number of amides is 1. The van der Waals surface area contributed by atoms with Crippen molar-refractivity contribution < 1.29 is 9.53 Å². The Hall–Kier alpha value is -3.14. The molecule has 0 aliphatic carbocycles. The smallest absolute Gasteiger partial charge is 0.252 e. The third-order valence-corrected chi connectivity index (χ3v) is 7.52. The molecule has 1 aliphatic rings. The molecule has 38 heavy (non-hydrogen) atoms. The zero-order valence-corrected chi connectivity index (χ0v) is 23.4. The van der Waals surface area contributed by atoms with Gasteiger partial charge in [-0.2, -0.15) is 4.98 Å². The minimum atomic E-state index is -0.0668. The Labute approximate surface area is 230 Å². The zero-order valence-electron chi connectivity index (χ0n) is 22.6. The molecule has 0 radical (unpaired) electrons. The summed E-state index contributed by atoms with van der Waals surface area (Å²) in [7, 11) is 2.13. The van der Waals surface area contributed by atoms with E-state index in [1.807, 2.05) is 60.8 Å². The third-order valence-electron chi connectivity index (χ3n) is 6.51. The molecule has 2 aromatic carbocycles. The molecular weight excluding hydrogens is 496 g/mol. The normalized spacial score (nSPS) is 14.1. The molecule has 8 nitrogen and oxygen atoms in total. The van der Waals surface area contributed by atoms with Crippen LogP contribution in [0, 0.1) is 0 Å². The number of aromatic nitrogens is 2. The van der Waals surface area contributed by atoms with Crippen LogP contribution in [0.1, 0.15) is 36.2 Å². The van der Waals surface area contributed by atoms with Crippen LogP contribution >= 0.6 is 11.8 Å². The van der Waals surface area contributed by atoms with Crippen molar-refractivity contribution in [3.05, 3.63) is 71.9 Å². The molecule has 0 bridgehead atoms. The van der Waals surface area contributed by atoms with Crippen LogP contribution in [0.15, 0.2) is 70.6 Å². The van der Waals surface area contributed by atoms with Crippen LogP contribution < -0.4 is 15.0 Å². The van der Waals surface area contributed by atoms with Crippen LogP contribution in [0.25, 0.3) is 0 Å². The summed E-state index contributed by atoms with van der Waals surface area (Å²) in [6.07, 6.45) is 2.91. The Bertz CT molecular complexity index is 1150. The number of anilines is 1. The number of nitrogens with zero attached hydrogens (tertiary/aromatic N) is 5. The van der Waals surface area contributed by atoms with Gasteiger partial charge in [0.15, 0.2) is 0 Å². The van der Waals surface area contributed by atoms with Crippen LogP contribution in [-0.2, 0) is 6.61 Å². The Morgan fingerprint density at radius 1 is 1.05 bits per heavy atom. The van der Waals surface area contributed by atoms with Gasteiger partial charge in [-0.05, 0) is 56.4 Å². The van der Waals surface area contributed by atoms with Gasteiger partial charge < -0.3 is 19.9 Å². The molecule has 1 N–H and O–H groups in total. The molecule has 0 spiro atoms. The minimum Gasteiger partial charge on any atom is -0.472 e. The number of carbonyl (C=O) groups is 1. The first kappa shape index (κ1) is 27.9. The van der Waals surface area contributed by atoms with E-state index >= 15 is 0 Å². The number of carbonyl (C=O) groups excluding carboxylic acids is 1. The maximum atomic E-state index is 12.6. The number of hydrogen-bond acceptors (Lipinski definition) is 8. The quantitative estimate of drug-likeness (QED) is 0.343. The SMILES string of the molecule is CCCN(CC)CNC(=O)c1ccc(Sc2cnc(N3CCN(C)CC3)nc2OCc2ccccc2)cc1. The summed E-state index contributed by atoms with van der Waals surface area (Å²) >= 11 is 1.54. The summed E-state index contributed by atoms with van der Waals surface area (Å²) in [5.74, 6) is 1.20. The van der Waals surface area contributed by atoms with E-state index in [9.17, 15) is 4.79 Å². The van der Waals surface area contributed by atoms with Gasteiger partial charge in [-0.1, -0.05) is 55.9 Å². The second-order valence-corrected chi connectivity index (χ2v) is 10.5. The lowest BCUT2D eigenvalue weighted by Gasteiger charge is -2.32. The number of likely N-dealkylation sites (N-methyl/N-ethyl adjacent to an activating group) is 1. The van der Waals surface area contributed by atoms with E-state index in [-0.39, 0.29) is 5.91 Å². The highest BCUT2D eigenvalue weighted by molar-refractivity contribution is 7.99. The zero-order chi connectivity index (χ0) is 26.7. The topological polar surface area (TPSA) is 73.8 Å². The predicted molar refractivity (Wildman–Crippen MR) is 153 cm³/mol. The Morgan fingerprint density at radius 2 is 1.79 bits per heavy atom. The fourth-order valence-corrected chi connectivity index (χ4v) is 4.98. The van der Waals surface area contributed by atoms with Crippen LogP contribution in [0.3, 0.4) is 0 Å². The second kappa shape index (κ2) is 14.1. The van der Waals surface area contributed by atoms with Crippen molar-refractivity contribution >= 4 is 23.6 Å². The van der Waals surface area contributed by atoms with Crippen LogP contribution in [0.2, 0.25) is 0 Å². The highest BCUT2D eigenvalue weighted by Crippen LogP contribution is 2.35. The van der Waals surface area contributed by atoms with Gasteiger partial charge in [-0.3, -0.25) is 9.69 Å². The van der Waals surface area contributed by atoms with Crippen molar-refractivity contribution in [2.45, 2.75) is 36.7 Å². The summed E-state index contributed by atoms with van der Waals surface area (Å²) in [5.41, 5.74) is 1.73. The van der Waals surface area contributed by atoms with Gasteiger partial charge >= 0.3 is 0 Å². The number of benzene rings is 2. The van der Waals surface area contributed by atoms with E-state index in [0.29, 0.717) is 30.7 Å². The molecule has 1 aromatic heterocycles. The number of rotatable bonds is 12. The maximum Gasteiger partial charge on any atom is 0.252 e. The molecule has 2 heterocycles. The predicted octanol–water partition coefficient (Wildman–Crippen LogP) is 4.38. The van der Waals surface area contributed by atoms with Crippen LogP contribution in [0.4, 0.5) is 5.95 Å². The molecule has 3 aromatic rings. The van der Waals surface area contributed by atoms with Crippen molar-refractivity contribution in [1.82, 2.24) is 25.1 Å². The van der Waals surface area contributed by atoms with Crippen molar-refractivity contribution in [2.75, 3.05) is 57.9 Å². The third kappa shape index (κ3) is 7.93. The molecule has 202 valence electrons. The van der Waals surface area contributed by atoms with Crippen molar-refractivity contribution in [3.8, 4) is 5.88 Å². The summed E-state index contributed by atoms with van der Waals surface area (Å²) in [5, 5.41) is 3.02. The second-order valence-electron chi connectivity index (χ2n) is 9.41. The summed E-state index contributed by atoms with van der Waals surface area (Å²) in [6, 6.07) is 17.7. The lowest BCUT2D eigenvalue weighted by atomic mass is 10.2. The van der Waals surface area contributed by atoms with Gasteiger partial charge in [0.25, 0.3) is 5.91 Å². The van der Waals surface area contributed by atoms with Crippen molar-refractivity contribution in [3.63, 3.8) is 0 Å². The van der Waals surface area contributed by atoms with Crippen molar-refractivity contribution in [1.29, 1.82) is 0 Å². The standard InChI is InChI=1S/C29H38N6O2S/c1-4-15-34(5-2)22-31-27(36)24-11-13-25(14-12-24)38-26-20-30-29(35-18-16-33(3)17-19-35)32-28(26)37-21-23-9-7-6-8-10-23/h6-14,20H,4-5,15-19,21-22H2,1-3H3,(H,31,36). The highest BCUT2D eigenvalue weighted by atomic mass is 32.2. The van der Waals surface area contributed by atoms with E-state index in [4.69, 9.17) is 9.72 Å². The monoisotopic (exact) mass is 534 g/mol. The average molecular weight is 535 g/mol. The molecular formula is C29H38N6O2S. The molecule has 4 rings (SSSR count). The molecule has 1 saturated heterocycles. The van der Waals surface area contributed by atoms with Crippen LogP contribution in [0.5, 0.6) is 5.88 Å². The van der Waals surface area contributed by atoms with E-state index in [1.54, 1.807) is 0 Å². The minimum absolute atomic E-state index is 0.0668. The van der Waals surface area contributed by atoms with Gasteiger partial charge in [0.1, 0.15) is 6.61 Å². The lowest BCUT2D eigenvalue weighted by Crippen LogP contribution is -2.45.